The topological polar surface area (TPSA) is 16.4 Å². The van der Waals surface area contributed by atoms with E-state index < -0.39 is 0 Å². The van der Waals surface area contributed by atoms with Crippen LogP contribution in [-0.4, -0.2) is 0 Å². The van der Waals surface area contributed by atoms with Crippen molar-refractivity contribution in [2.24, 2.45) is 0 Å². The lowest BCUT2D eigenvalue weighted by atomic mass is 9.81. The van der Waals surface area contributed by atoms with E-state index in [1.807, 2.05) is 12.1 Å². The third-order valence-corrected chi connectivity index (χ3v) is 13.1. The second kappa shape index (κ2) is 13.7. The van der Waals surface area contributed by atoms with Gasteiger partial charge in [0.1, 0.15) is 11.2 Å². The lowest BCUT2D eigenvalue weighted by Crippen LogP contribution is -2.17. The number of para-hydroxylation sites is 1. The van der Waals surface area contributed by atoms with Crippen molar-refractivity contribution in [2.45, 2.75) is 19.3 Å². The summed E-state index contributed by atoms with van der Waals surface area (Å²) in [6, 6.07) is 77.4. The summed E-state index contributed by atoms with van der Waals surface area (Å²) in [5.74, 6) is 0. The van der Waals surface area contributed by atoms with Gasteiger partial charge < -0.3 is 9.32 Å². The van der Waals surface area contributed by atoms with Gasteiger partial charge in [-0.15, -0.1) is 0 Å². The van der Waals surface area contributed by atoms with Crippen LogP contribution >= 0.6 is 0 Å². The van der Waals surface area contributed by atoms with E-state index in [0.717, 1.165) is 50.1 Å². The standard InChI is InChI=1S/C59H41NO/c1-59(2)52-24-10-8-21-51(52)58-50-20-7-6-18-47(50)54(37-53(58)59)60(43-31-26-38(27-32-43)42-30-35-49-48-19-9-11-25-55(48)61-56(49)36-42)44-33-28-40(29-34-44)46-23-13-17-41-16-12-22-45(57(41)46)39-14-4-3-5-15-39/h3-37H,1-2H3. The number of furan rings is 1. The maximum atomic E-state index is 6.30. The highest BCUT2D eigenvalue weighted by Crippen LogP contribution is 2.54. The van der Waals surface area contributed by atoms with Crippen LogP contribution in [0.4, 0.5) is 17.1 Å². The Morgan fingerprint density at radius 1 is 0.377 bits per heavy atom. The molecule has 0 saturated carbocycles. The Balaban J connectivity index is 1.02. The first-order valence-electron chi connectivity index (χ1n) is 21.2. The Morgan fingerprint density at radius 3 is 1.67 bits per heavy atom. The third-order valence-electron chi connectivity index (χ3n) is 13.1. The van der Waals surface area contributed by atoms with Crippen molar-refractivity contribution >= 4 is 60.5 Å². The lowest BCUT2D eigenvalue weighted by Gasteiger charge is -2.30. The lowest BCUT2D eigenvalue weighted by molar-refractivity contribution is 0.661. The Labute approximate surface area is 355 Å². The molecule has 0 amide bonds. The van der Waals surface area contributed by atoms with Gasteiger partial charge in [0.05, 0.1) is 5.69 Å². The minimum atomic E-state index is -0.162. The normalized spacial score (nSPS) is 12.9. The molecule has 61 heavy (non-hydrogen) atoms. The first-order valence-corrected chi connectivity index (χ1v) is 21.2. The van der Waals surface area contributed by atoms with Crippen molar-refractivity contribution in [3.8, 4) is 44.5 Å². The maximum Gasteiger partial charge on any atom is 0.136 e. The fraction of sp³-hybridized carbons (Fsp3) is 0.0508. The van der Waals surface area contributed by atoms with Gasteiger partial charge in [-0.1, -0.05) is 178 Å². The Morgan fingerprint density at radius 2 is 0.934 bits per heavy atom. The first-order chi connectivity index (χ1) is 30.0. The summed E-state index contributed by atoms with van der Waals surface area (Å²) in [6.07, 6.45) is 0. The molecule has 1 aromatic heterocycles. The van der Waals surface area contributed by atoms with Crippen LogP contribution in [0.3, 0.4) is 0 Å². The highest BCUT2D eigenvalue weighted by Gasteiger charge is 2.37. The largest absolute Gasteiger partial charge is 0.456 e. The quantitative estimate of drug-likeness (QED) is 0.167. The van der Waals surface area contributed by atoms with E-state index in [1.54, 1.807) is 0 Å². The smallest absolute Gasteiger partial charge is 0.136 e. The van der Waals surface area contributed by atoms with Crippen LogP contribution in [0, 0.1) is 0 Å². The molecular formula is C59H41NO. The molecule has 1 aliphatic rings. The van der Waals surface area contributed by atoms with Crippen LogP contribution in [0.1, 0.15) is 25.0 Å². The molecule has 12 rings (SSSR count). The van der Waals surface area contributed by atoms with Crippen molar-refractivity contribution in [1.29, 1.82) is 0 Å². The van der Waals surface area contributed by atoms with Crippen molar-refractivity contribution in [3.63, 3.8) is 0 Å². The summed E-state index contributed by atoms with van der Waals surface area (Å²) in [4.78, 5) is 2.45. The Kier molecular flexibility index (Phi) is 7.92. The van der Waals surface area contributed by atoms with E-state index in [2.05, 4.69) is 219 Å². The Hall–Kier alpha value is -7.68. The number of hydrogen-bond donors (Lipinski definition) is 0. The Bertz CT molecular complexity index is 3480. The fourth-order valence-corrected chi connectivity index (χ4v) is 10.1. The van der Waals surface area contributed by atoms with Crippen LogP contribution in [0.15, 0.2) is 217 Å². The van der Waals surface area contributed by atoms with Crippen LogP contribution in [0.25, 0.3) is 88.0 Å². The van der Waals surface area contributed by atoms with Crippen molar-refractivity contribution < 1.29 is 4.42 Å². The van der Waals surface area contributed by atoms with Crippen molar-refractivity contribution in [3.05, 3.63) is 223 Å². The highest BCUT2D eigenvalue weighted by atomic mass is 16.3. The van der Waals surface area contributed by atoms with E-state index in [1.165, 1.54) is 66.1 Å². The van der Waals surface area contributed by atoms with Crippen LogP contribution in [0.5, 0.6) is 0 Å². The van der Waals surface area contributed by atoms with Crippen LogP contribution in [-0.2, 0) is 5.41 Å². The van der Waals surface area contributed by atoms with Gasteiger partial charge in [-0.2, -0.15) is 0 Å². The van der Waals surface area contributed by atoms with Crippen molar-refractivity contribution in [1.82, 2.24) is 0 Å². The summed E-state index contributed by atoms with van der Waals surface area (Å²) in [5.41, 5.74) is 17.5. The summed E-state index contributed by atoms with van der Waals surface area (Å²) in [5, 5.41) is 7.28. The molecule has 0 N–H and O–H groups in total. The summed E-state index contributed by atoms with van der Waals surface area (Å²) >= 11 is 0. The number of anilines is 3. The van der Waals surface area contributed by atoms with Crippen LogP contribution < -0.4 is 4.90 Å². The third kappa shape index (κ3) is 5.56. The molecule has 0 bridgehead atoms. The summed E-state index contributed by atoms with van der Waals surface area (Å²) < 4.78 is 6.30. The SMILES string of the molecule is CC1(C)c2ccccc2-c2c1cc(N(c1ccc(-c3ccc4c(c3)oc3ccccc34)cc1)c1ccc(-c3cccc4cccc(-c5ccccc5)c34)cc1)c1ccccc21. The molecule has 0 spiro atoms. The van der Waals surface area contributed by atoms with Gasteiger partial charge in [0.15, 0.2) is 0 Å². The van der Waals surface area contributed by atoms with Gasteiger partial charge in [0, 0.05) is 32.9 Å². The molecule has 0 aliphatic heterocycles. The average molecular weight is 780 g/mol. The minimum Gasteiger partial charge on any atom is -0.456 e. The van der Waals surface area contributed by atoms with Gasteiger partial charge >= 0.3 is 0 Å². The van der Waals surface area contributed by atoms with Gasteiger partial charge in [-0.05, 0) is 120 Å². The van der Waals surface area contributed by atoms with E-state index in [-0.39, 0.29) is 5.41 Å². The molecule has 1 aliphatic carbocycles. The molecule has 0 saturated heterocycles. The minimum absolute atomic E-state index is 0.162. The molecule has 11 aromatic rings. The second-order valence-electron chi connectivity index (χ2n) is 16.8. The monoisotopic (exact) mass is 779 g/mol. The molecule has 288 valence electrons. The molecule has 10 aromatic carbocycles. The van der Waals surface area contributed by atoms with Gasteiger partial charge in [0.2, 0.25) is 0 Å². The van der Waals surface area contributed by atoms with Gasteiger partial charge in [-0.25, -0.2) is 0 Å². The molecular weight excluding hydrogens is 739 g/mol. The number of rotatable bonds is 6. The van der Waals surface area contributed by atoms with E-state index in [9.17, 15) is 0 Å². The zero-order chi connectivity index (χ0) is 40.7. The molecule has 0 fully saturated rings. The number of fused-ring (bicyclic) bond motifs is 9. The zero-order valence-electron chi connectivity index (χ0n) is 34.1. The van der Waals surface area contributed by atoms with E-state index in [0.29, 0.717) is 0 Å². The number of nitrogens with zero attached hydrogens (tertiary/aromatic N) is 1. The average Bonchev–Trinajstić information content (AvgIpc) is 3.80. The number of hydrogen-bond acceptors (Lipinski definition) is 2. The van der Waals surface area contributed by atoms with Gasteiger partial charge in [-0.3, -0.25) is 0 Å². The second-order valence-corrected chi connectivity index (χ2v) is 16.8. The zero-order valence-corrected chi connectivity index (χ0v) is 34.1. The predicted octanol–water partition coefficient (Wildman–Crippen LogP) is 16.7. The molecule has 0 atom stereocenters. The van der Waals surface area contributed by atoms with Gasteiger partial charge in [0.25, 0.3) is 0 Å². The molecule has 2 nitrogen and oxygen atoms in total. The fourth-order valence-electron chi connectivity index (χ4n) is 10.1. The summed E-state index contributed by atoms with van der Waals surface area (Å²) in [7, 11) is 0. The molecule has 0 unspecified atom stereocenters. The van der Waals surface area contributed by atoms with Crippen molar-refractivity contribution in [2.75, 3.05) is 4.90 Å². The highest BCUT2D eigenvalue weighted by molar-refractivity contribution is 6.11. The van der Waals surface area contributed by atoms with E-state index in [4.69, 9.17) is 4.42 Å². The summed E-state index contributed by atoms with van der Waals surface area (Å²) in [6.45, 7) is 4.74. The molecule has 2 heteroatoms. The predicted molar refractivity (Wildman–Crippen MR) is 257 cm³/mol. The van der Waals surface area contributed by atoms with Crippen LogP contribution in [0.2, 0.25) is 0 Å². The molecule has 1 heterocycles. The first kappa shape index (κ1) is 35.3. The molecule has 0 radical (unpaired) electrons. The maximum absolute atomic E-state index is 6.30. The number of benzene rings is 10. The van der Waals surface area contributed by atoms with E-state index >= 15 is 0 Å².